The molecule has 2 aromatic carbocycles. The number of para-hydroxylation sites is 1. The van der Waals surface area contributed by atoms with Gasteiger partial charge in [-0.1, -0.05) is 36.4 Å². The summed E-state index contributed by atoms with van der Waals surface area (Å²) in [6, 6.07) is 24.9. The second kappa shape index (κ2) is 10.6. The number of furan rings is 1. The number of esters is 1. The molecule has 1 aliphatic rings. The van der Waals surface area contributed by atoms with E-state index in [0.717, 1.165) is 11.3 Å². The number of methoxy groups -OCH3 is 1. The van der Waals surface area contributed by atoms with E-state index in [0.29, 0.717) is 27.9 Å². The minimum absolute atomic E-state index is 0.0264. The number of carbonyl (C=O) groups is 2. The molecule has 2 N–H and O–H groups in total. The number of rotatable bonds is 7. The van der Waals surface area contributed by atoms with Gasteiger partial charge in [0.15, 0.2) is 5.11 Å². The number of ether oxygens (including phenoxy) is 1. The third-order valence-corrected chi connectivity index (χ3v) is 6.43. The number of pyridine rings is 1. The largest absolute Gasteiger partial charge is 0.465 e. The van der Waals surface area contributed by atoms with Gasteiger partial charge in [0.05, 0.1) is 24.4 Å². The number of anilines is 1. The van der Waals surface area contributed by atoms with Crippen molar-refractivity contribution in [3.05, 3.63) is 108 Å². The number of carbonyl (C=O) groups excluding carboxylic acids is 2. The van der Waals surface area contributed by atoms with Gasteiger partial charge in [0.2, 0.25) is 5.91 Å². The molecule has 5 rings (SSSR count). The van der Waals surface area contributed by atoms with Crippen molar-refractivity contribution in [2.24, 2.45) is 0 Å². The van der Waals surface area contributed by atoms with Gasteiger partial charge >= 0.3 is 5.97 Å². The molecule has 0 unspecified atom stereocenters. The van der Waals surface area contributed by atoms with Crippen LogP contribution in [0.25, 0.3) is 11.3 Å². The average molecular weight is 513 g/mol. The lowest BCUT2D eigenvalue weighted by molar-refractivity contribution is -0.116. The standard InChI is InChI=1S/C28H24N4O4S/c1-35-27(34)19-12-10-18(11-13-19)22-14-15-23(36-22)26-25(21-9-5-6-16-29-21)31-28(37)32(26)17-24(33)30-20-7-3-2-4-8-20/h2-16,25-26H,17H2,1H3,(H,30,33)(H,31,37)/t25-,26-/m0/s1. The summed E-state index contributed by atoms with van der Waals surface area (Å²) in [7, 11) is 1.35. The lowest BCUT2D eigenvalue weighted by Crippen LogP contribution is -2.36. The van der Waals surface area contributed by atoms with Crippen LogP contribution in [0.4, 0.5) is 5.69 Å². The zero-order valence-electron chi connectivity index (χ0n) is 20.0. The summed E-state index contributed by atoms with van der Waals surface area (Å²) in [4.78, 5) is 31.1. The minimum Gasteiger partial charge on any atom is -0.465 e. The van der Waals surface area contributed by atoms with Gasteiger partial charge in [0.1, 0.15) is 24.1 Å². The lowest BCUT2D eigenvalue weighted by atomic mass is 10.0. The maximum Gasteiger partial charge on any atom is 0.337 e. The molecule has 186 valence electrons. The van der Waals surface area contributed by atoms with Crippen LogP contribution in [-0.2, 0) is 9.53 Å². The van der Waals surface area contributed by atoms with Crippen molar-refractivity contribution in [2.75, 3.05) is 19.0 Å². The van der Waals surface area contributed by atoms with Gasteiger partial charge in [0, 0.05) is 17.4 Å². The van der Waals surface area contributed by atoms with Crippen LogP contribution in [0.5, 0.6) is 0 Å². The summed E-state index contributed by atoms with van der Waals surface area (Å²) in [6.07, 6.45) is 1.72. The quantitative estimate of drug-likeness (QED) is 0.271. The Hall–Kier alpha value is -4.50. The van der Waals surface area contributed by atoms with Crippen LogP contribution in [0.3, 0.4) is 0 Å². The van der Waals surface area contributed by atoms with Gasteiger partial charge in [0.25, 0.3) is 0 Å². The van der Waals surface area contributed by atoms with Crippen molar-refractivity contribution in [1.29, 1.82) is 0 Å². The summed E-state index contributed by atoms with van der Waals surface area (Å²) in [6.45, 7) is 0.0264. The first-order chi connectivity index (χ1) is 18.0. The maximum absolute atomic E-state index is 12.9. The molecule has 2 atom stereocenters. The molecular formula is C28H24N4O4S. The highest BCUT2D eigenvalue weighted by Gasteiger charge is 2.42. The molecule has 0 saturated carbocycles. The Kier molecular flexibility index (Phi) is 6.96. The summed E-state index contributed by atoms with van der Waals surface area (Å²) in [5, 5.41) is 6.67. The molecule has 4 aromatic rings. The molecule has 0 bridgehead atoms. The highest BCUT2D eigenvalue weighted by molar-refractivity contribution is 7.80. The number of nitrogens with zero attached hydrogens (tertiary/aromatic N) is 2. The van der Waals surface area contributed by atoms with Gasteiger partial charge in [-0.2, -0.15) is 0 Å². The van der Waals surface area contributed by atoms with Crippen LogP contribution in [-0.4, -0.2) is 40.5 Å². The molecule has 37 heavy (non-hydrogen) atoms. The second-order valence-electron chi connectivity index (χ2n) is 8.44. The van der Waals surface area contributed by atoms with Crippen LogP contribution in [0.2, 0.25) is 0 Å². The Balaban J connectivity index is 1.44. The summed E-state index contributed by atoms with van der Waals surface area (Å²) < 4.78 is 11.1. The van der Waals surface area contributed by atoms with Gasteiger partial charge in [-0.05, 0) is 60.7 Å². The van der Waals surface area contributed by atoms with Gasteiger partial charge in [-0.25, -0.2) is 4.79 Å². The number of aromatic nitrogens is 1. The fourth-order valence-electron chi connectivity index (χ4n) is 4.32. The van der Waals surface area contributed by atoms with Crippen LogP contribution in [0.1, 0.15) is 33.9 Å². The van der Waals surface area contributed by atoms with E-state index >= 15 is 0 Å². The van der Waals surface area contributed by atoms with Crippen LogP contribution < -0.4 is 10.6 Å². The van der Waals surface area contributed by atoms with E-state index in [1.165, 1.54) is 7.11 Å². The number of hydrogen-bond donors (Lipinski definition) is 2. The predicted octanol–water partition coefficient (Wildman–Crippen LogP) is 4.74. The van der Waals surface area contributed by atoms with Crippen molar-refractivity contribution in [3.63, 3.8) is 0 Å². The fraction of sp³-hybridized carbons (Fsp3) is 0.143. The molecule has 1 fully saturated rings. The molecule has 9 heteroatoms. The first-order valence-electron chi connectivity index (χ1n) is 11.6. The van der Waals surface area contributed by atoms with Crippen molar-refractivity contribution in [3.8, 4) is 11.3 Å². The molecule has 0 aliphatic carbocycles. The predicted molar refractivity (Wildman–Crippen MR) is 143 cm³/mol. The minimum atomic E-state index is -0.410. The SMILES string of the molecule is COC(=O)c1ccc(-c2ccc([C@H]3[C@H](c4ccccn4)NC(=S)N3CC(=O)Nc3ccccc3)o2)cc1. The number of benzene rings is 2. The Labute approximate surface area is 219 Å². The van der Waals surface area contributed by atoms with E-state index in [-0.39, 0.29) is 18.5 Å². The van der Waals surface area contributed by atoms with Crippen LogP contribution in [0.15, 0.2) is 95.5 Å². The third kappa shape index (κ3) is 5.22. The molecule has 1 amide bonds. The molecular weight excluding hydrogens is 488 g/mol. The van der Waals surface area contributed by atoms with E-state index in [4.69, 9.17) is 21.4 Å². The smallest absolute Gasteiger partial charge is 0.337 e. The summed E-state index contributed by atoms with van der Waals surface area (Å²) >= 11 is 5.65. The van der Waals surface area contributed by atoms with E-state index in [9.17, 15) is 9.59 Å². The third-order valence-electron chi connectivity index (χ3n) is 6.08. The first kappa shape index (κ1) is 24.2. The molecule has 2 aromatic heterocycles. The van der Waals surface area contributed by atoms with Gasteiger partial charge < -0.3 is 24.7 Å². The van der Waals surface area contributed by atoms with Crippen molar-refractivity contribution >= 4 is 34.9 Å². The van der Waals surface area contributed by atoms with Crippen molar-refractivity contribution in [2.45, 2.75) is 12.1 Å². The summed E-state index contributed by atoms with van der Waals surface area (Å²) in [5.74, 6) is 0.646. The Bertz CT molecular complexity index is 1410. The Morgan fingerprint density at radius 1 is 1.03 bits per heavy atom. The number of amides is 1. The molecule has 0 spiro atoms. The average Bonchev–Trinajstić information content (AvgIpc) is 3.54. The number of hydrogen-bond acceptors (Lipinski definition) is 6. The Morgan fingerprint density at radius 2 is 1.78 bits per heavy atom. The molecule has 0 radical (unpaired) electrons. The monoisotopic (exact) mass is 512 g/mol. The highest BCUT2D eigenvalue weighted by Crippen LogP contribution is 2.40. The van der Waals surface area contributed by atoms with Crippen molar-refractivity contribution < 1.29 is 18.7 Å². The van der Waals surface area contributed by atoms with Gasteiger partial charge in [-0.3, -0.25) is 9.78 Å². The highest BCUT2D eigenvalue weighted by atomic mass is 32.1. The van der Waals surface area contributed by atoms with Crippen molar-refractivity contribution in [1.82, 2.24) is 15.2 Å². The number of thiocarbonyl (C=S) groups is 1. The van der Waals surface area contributed by atoms with E-state index in [2.05, 4.69) is 15.6 Å². The number of nitrogens with one attached hydrogen (secondary N) is 2. The van der Waals surface area contributed by atoms with E-state index in [1.54, 1.807) is 30.5 Å². The normalized spacial score (nSPS) is 16.8. The first-order valence-corrected chi connectivity index (χ1v) is 12.1. The fourth-order valence-corrected chi connectivity index (χ4v) is 4.62. The Morgan fingerprint density at radius 3 is 2.49 bits per heavy atom. The van der Waals surface area contributed by atoms with Crippen LogP contribution in [0, 0.1) is 0 Å². The molecule has 8 nitrogen and oxygen atoms in total. The summed E-state index contributed by atoms with van der Waals surface area (Å²) in [5.41, 5.74) is 2.74. The molecule has 3 heterocycles. The van der Waals surface area contributed by atoms with Crippen LogP contribution >= 0.6 is 12.2 Å². The zero-order chi connectivity index (χ0) is 25.8. The second-order valence-corrected chi connectivity index (χ2v) is 8.83. The maximum atomic E-state index is 12.9. The molecule has 1 aliphatic heterocycles. The topological polar surface area (TPSA) is 96.7 Å². The van der Waals surface area contributed by atoms with E-state index in [1.807, 2.05) is 65.6 Å². The molecule has 1 saturated heterocycles. The zero-order valence-corrected chi connectivity index (χ0v) is 20.8. The van der Waals surface area contributed by atoms with Gasteiger partial charge in [-0.15, -0.1) is 0 Å². The lowest BCUT2D eigenvalue weighted by Gasteiger charge is -2.25. The van der Waals surface area contributed by atoms with E-state index < -0.39 is 12.0 Å².